The normalized spacial score (nSPS) is 10.5. The first-order valence-corrected chi connectivity index (χ1v) is 10.6. The second-order valence-electron chi connectivity index (χ2n) is 6.08. The van der Waals surface area contributed by atoms with Crippen molar-refractivity contribution in [3.8, 4) is 11.5 Å². The van der Waals surface area contributed by atoms with Crippen LogP contribution in [0.1, 0.15) is 11.1 Å². The summed E-state index contributed by atoms with van der Waals surface area (Å²) in [6, 6.07) is 11.2. The quantitative estimate of drug-likeness (QED) is 0.336. The predicted molar refractivity (Wildman–Crippen MR) is 115 cm³/mol. The average Bonchev–Trinajstić information content (AvgIpc) is 3.12. The number of tetrazole rings is 1. The molecular weight excluding hydrogens is 469 g/mol. The molecule has 162 valence electrons. The van der Waals surface area contributed by atoms with Gasteiger partial charge in [0.1, 0.15) is 6.61 Å². The maximum atomic E-state index is 6.25. The summed E-state index contributed by atoms with van der Waals surface area (Å²) in [6.45, 7) is 1.74. The molecule has 3 rings (SSSR count). The molecule has 0 unspecified atom stereocenters. The molecule has 11 heteroatoms. The Morgan fingerprint density at radius 1 is 1.17 bits per heavy atom. The predicted octanol–water partition coefficient (Wildman–Crippen LogP) is 0.990. The lowest BCUT2D eigenvalue weighted by Crippen LogP contribution is -3.00. The summed E-state index contributed by atoms with van der Waals surface area (Å²) < 4.78 is 13.2. The van der Waals surface area contributed by atoms with Crippen LogP contribution in [0.4, 0.5) is 0 Å². The van der Waals surface area contributed by atoms with Gasteiger partial charge in [-0.2, -0.15) is 0 Å². The van der Waals surface area contributed by atoms with Crippen LogP contribution in [0.15, 0.2) is 41.6 Å². The van der Waals surface area contributed by atoms with Gasteiger partial charge in [0.15, 0.2) is 11.5 Å². The van der Waals surface area contributed by atoms with E-state index in [4.69, 9.17) is 32.7 Å². The molecule has 1 heterocycles. The van der Waals surface area contributed by atoms with Gasteiger partial charge in [-0.15, -0.1) is 5.10 Å². The van der Waals surface area contributed by atoms with Gasteiger partial charge in [-0.1, -0.05) is 53.2 Å². The van der Waals surface area contributed by atoms with Gasteiger partial charge in [-0.25, -0.2) is 4.68 Å². The lowest BCUT2D eigenvalue weighted by atomic mass is 10.1. The lowest BCUT2D eigenvalue weighted by molar-refractivity contribution is -0.00000647. The third-order valence-corrected chi connectivity index (χ3v) is 5.67. The Labute approximate surface area is 195 Å². The zero-order chi connectivity index (χ0) is 20.6. The second kappa shape index (κ2) is 12.2. The van der Waals surface area contributed by atoms with E-state index in [9.17, 15) is 0 Å². The van der Waals surface area contributed by atoms with Crippen LogP contribution >= 0.6 is 35.0 Å². The zero-order valence-electron chi connectivity index (χ0n) is 16.4. The summed E-state index contributed by atoms with van der Waals surface area (Å²) >= 11 is 13.8. The largest absolute Gasteiger partial charge is 1.00 e. The molecule has 0 aliphatic rings. The van der Waals surface area contributed by atoms with Crippen molar-refractivity contribution in [3.63, 3.8) is 0 Å². The van der Waals surface area contributed by atoms with Crippen molar-refractivity contribution in [2.45, 2.75) is 18.3 Å². The molecule has 0 radical (unpaired) electrons. The smallest absolute Gasteiger partial charge is 0.209 e. The third kappa shape index (κ3) is 6.65. The van der Waals surface area contributed by atoms with Crippen LogP contribution in [0.2, 0.25) is 10.0 Å². The number of aryl methyl sites for hydroxylation is 1. The molecule has 0 fully saturated rings. The van der Waals surface area contributed by atoms with Crippen molar-refractivity contribution >= 4 is 35.0 Å². The van der Waals surface area contributed by atoms with E-state index in [-0.39, 0.29) is 12.4 Å². The van der Waals surface area contributed by atoms with Gasteiger partial charge < -0.3 is 27.2 Å². The summed E-state index contributed by atoms with van der Waals surface area (Å²) in [7, 11) is 3.45. The first-order valence-electron chi connectivity index (χ1n) is 8.87. The Morgan fingerprint density at radius 2 is 2.00 bits per heavy atom. The Bertz CT molecular complexity index is 958. The van der Waals surface area contributed by atoms with Crippen LogP contribution in [-0.2, 0) is 20.2 Å². The molecule has 0 amide bonds. The number of nitrogens with zero attached hydrogens (tertiary/aromatic N) is 4. The summed E-state index contributed by atoms with van der Waals surface area (Å²) in [5, 5.41) is 16.8. The zero-order valence-corrected chi connectivity index (χ0v) is 19.5. The number of thioether (sulfide) groups is 1. The molecule has 0 saturated carbocycles. The summed E-state index contributed by atoms with van der Waals surface area (Å²) in [6.07, 6.45) is 0. The van der Waals surface area contributed by atoms with Crippen molar-refractivity contribution in [2.75, 3.05) is 19.4 Å². The molecule has 0 aliphatic heterocycles. The number of hydrogen-bond acceptors (Lipinski definition) is 7. The molecule has 0 aliphatic carbocycles. The fraction of sp³-hybridized carbons (Fsp3) is 0.316. The molecule has 0 atom stereocenters. The molecule has 0 spiro atoms. The van der Waals surface area contributed by atoms with Crippen molar-refractivity contribution in [2.24, 2.45) is 7.05 Å². The second-order valence-corrected chi connectivity index (χ2v) is 7.99. The maximum Gasteiger partial charge on any atom is 0.209 e. The van der Waals surface area contributed by atoms with E-state index in [1.165, 1.54) is 0 Å². The number of rotatable bonds is 10. The topological polar surface area (TPSA) is 74.1 Å². The first kappa shape index (κ1) is 24.6. The van der Waals surface area contributed by atoms with Gasteiger partial charge >= 0.3 is 0 Å². The Kier molecular flexibility index (Phi) is 10.0. The maximum absolute atomic E-state index is 6.25. The Hall–Kier alpha value is -1.71. The number of benzene rings is 2. The highest BCUT2D eigenvalue weighted by atomic mass is 35.5. The van der Waals surface area contributed by atoms with Crippen molar-refractivity contribution in [3.05, 3.63) is 57.6 Å². The summed E-state index contributed by atoms with van der Waals surface area (Å²) in [5.41, 5.74) is 1.86. The van der Waals surface area contributed by atoms with E-state index >= 15 is 0 Å². The van der Waals surface area contributed by atoms with Crippen LogP contribution < -0.4 is 27.2 Å². The lowest BCUT2D eigenvalue weighted by Gasteiger charge is -2.16. The Balaban J connectivity index is 0.00000320. The number of nitrogens with one attached hydrogen (secondary N) is 1. The molecule has 1 aromatic heterocycles. The average molecular weight is 490 g/mol. The molecule has 30 heavy (non-hydrogen) atoms. The number of halogens is 3. The van der Waals surface area contributed by atoms with Crippen molar-refractivity contribution < 1.29 is 21.9 Å². The van der Waals surface area contributed by atoms with Crippen molar-refractivity contribution in [1.29, 1.82) is 0 Å². The SMILES string of the molecule is COc1cccc(CNCCSc2nnnn2C)c1OCc1ccc(Cl)cc1Cl.[Cl-]. The first-order chi connectivity index (χ1) is 14.1. The Morgan fingerprint density at radius 3 is 2.70 bits per heavy atom. The molecule has 2 aromatic carbocycles. The summed E-state index contributed by atoms with van der Waals surface area (Å²) in [4.78, 5) is 0. The fourth-order valence-corrected chi connectivity index (χ4v) is 3.80. The van der Waals surface area contributed by atoms with E-state index < -0.39 is 0 Å². The number of hydrogen-bond donors (Lipinski definition) is 1. The van der Waals surface area contributed by atoms with Crippen LogP contribution in [0.3, 0.4) is 0 Å². The van der Waals surface area contributed by atoms with Gasteiger partial charge in [0.2, 0.25) is 5.16 Å². The third-order valence-electron chi connectivity index (χ3n) is 4.07. The molecule has 0 saturated heterocycles. The van der Waals surface area contributed by atoms with Gasteiger partial charge in [-0.05, 0) is 28.6 Å². The van der Waals surface area contributed by atoms with E-state index in [1.807, 2.05) is 31.3 Å². The van der Waals surface area contributed by atoms with Gasteiger partial charge in [-0.3, -0.25) is 0 Å². The molecule has 3 aromatic rings. The monoisotopic (exact) mass is 488 g/mol. The van der Waals surface area contributed by atoms with E-state index in [1.54, 1.807) is 35.7 Å². The van der Waals surface area contributed by atoms with Gasteiger partial charge in [0.05, 0.1) is 7.11 Å². The molecular formula is C19H21Cl3N5O2S-. The highest BCUT2D eigenvalue weighted by molar-refractivity contribution is 7.99. The fourth-order valence-electron chi connectivity index (χ4n) is 2.59. The van der Waals surface area contributed by atoms with Gasteiger partial charge in [0.25, 0.3) is 0 Å². The van der Waals surface area contributed by atoms with Gasteiger partial charge in [0, 0.05) is 47.1 Å². The highest BCUT2D eigenvalue weighted by Gasteiger charge is 2.12. The number of para-hydroxylation sites is 1. The number of aromatic nitrogens is 4. The standard InChI is InChI=1S/C19H21Cl2N5O2S.ClH/c1-26-19(23-24-25-26)29-9-8-22-11-13-4-3-5-17(27-2)18(13)28-12-14-6-7-15(20)10-16(14)21;/h3-7,10,22H,8-9,11-12H2,1-2H3;1H/p-1. The van der Waals surface area contributed by atoms with Crippen LogP contribution in [-0.4, -0.2) is 39.6 Å². The molecule has 0 bridgehead atoms. The van der Waals surface area contributed by atoms with E-state index in [2.05, 4.69) is 20.8 Å². The van der Waals surface area contributed by atoms with Crippen LogP contribution in [0.25, 0.3) is 0 Å². The number of ether oxygens (including phenoxy) is 2. The van der Waals surface area contributed by atoms with Crippen LogP contribution in [0, 0.1) is 0 Å². The van der Waals surface area contributed by atoms with Crippen molar-refractivity contribution in [1.82, 2.24) is 25.5 Å². The highest BCUT2D eigenvalue weighted by Crippen LogP contribution is 2.32. The van der Waals surface area contributed by atoms with E-state index in [0.29, 0.717) is 34.7 Å². The minimum atomic E-state index is 0. The minimum absolute atomic E-state index is 0. The molecule has 1 N–H and O–H groups in total. The summed E-state index contributed by atoms with van der Waals surface area (Å²) in [5.74, 6) is 2.21. The van der Waals surface area contributed by atoms with E-state index in [0.717, 1.165) is 28.6 Å². The van der Waals surface area contributed by atoms with Crippen LogP contribution in [0.5, 0.6) is 11.5 Å². The minimum Gasteiger partial charge on any atom is -1.00 e. The number of methoxy groups -OCH3 is 1. The molecule has 7 nitrogen and oxygen atoms in total.